The number of benzene rings is 1. The lowest BCUT2D eigenvalue weighted by Crippen LogP contribution is -2.11. The standard InChI is InChI=1S/C14H13NO/c15-8-10-7-13-12-4-2-1-3-11(12)5-6-14(13)16-9-10/h5-7H,1-4,9H2. The van der Waals surface area contributed by atoms with Gasteiger partial charge >= 0.3 is 0 Å². The van der Waals surface area contributed by atoms with Gasteiger partial charge in [-0.15, -0.1) is 0 Å². The highest BCUT2D eigenvalue weighted by molar-refractivity contribution is 5.69. The van der Waals surface area contributed by atoms with Crippen molar-refractivity contribution in [2.24, 2.45) is 0 Å². The summed E-state index contributed by atoms with van der Waals surface area (Å²) in [7, 11) is 0. The fraction of sp³-hybridized carbons (Fsp3) is 0.357. The van der Waals surface area contributed by atoms with Crippen molar-refractivity contribution in [3.63, 3.8) is 0 Å². The highest BCUT2D eigenvalue weighted by Gasteiger charge is 2.19. The van der Waals surface area contributed by atoms with Crippen LogP contribution in [0.25, 0.3) is 6.08 Å². The van der Waals surface area contributed by atoms with Crippen molar-refractivity contribution in [3.05, 3.63) is 34.4 Å². The summed E-state index contributed by atoms with van der Waals surface area (Å²) in [4.78, 5) is 0. The first-order valence-corrected chi connectivity index (χ1v) is 5.77. The second-order valence-corrected chi connectivity index (χ2v) is 4.39. The van der Waals surface area contributed by atoms with Gasteiger partial charge in [-0.2, -0.15) is 5.26 Å². The van der Waals surface area contributed by atoms with E-state index < -0.39 is 0 Å². The SMILES string of the molecule is N#CC1=Cc2c(ccc3c2CCCC3)OC1. The molecule has 0 aromatic heterocycles. The molecule has 0 saturated carbocycles. The van der Waals surface area contributed by atoms with Crippen molar-refractivity contribution in [3.8, 4) is 11.8 Å². The normalized spacial score (nSPS) is 17.6. The topological polar surface area (TPSA) is 33.0 Å². The second-order valence-electron chi connectivity index (χ2n) is 4.39. The molecule has 0 spiro atoms. The Kier molecular flexibility index (Phi) is 2.18. The number of hydrogen-bond donors (Lipinski definition) is 0. The van der Waals surface area contributed by atoms with Crippen LogP contribution >= 0.6 is 0 Å². The van der Waals surface area contributed by atoms with Crippen LogP contribution in [0.2, 0.25) is 0 Å². The molecule has 2 nitrogen and oxygen atoms in total. The highest BCUT2D eigenvalue weighted by Crippen LogP contribution is 2.34. The molecule has 1 aromatic carbocycles. The molecule has 1 aliphatic heterocycles. The molecule has 0 atom stereocenters. The van der Waals surface area contributed by atoms with Crippen LogP contribution in [0.4, 0.5) is 0 Å². The number of ether oxygens (including phenoxy) is 1. The van der Waals surface area contributed by atoms with Gasteiger partial charge in [0.2, 0.25) is 0 Å². The minimum Gasteiger partial charge on any atom is -0.488 e. The summed E-state index contributed by atoms with van der Waals surface area (Å²) in [6.45, 7) is 0.419. The summed E-state index contributed by atoms with van der Waals surface area (Å²) in [5, 5.41) is 8.92. The average molecular weight is 211 g/mol. The van der Waals surface area contributed by atoms with Gasteiger partial charge in [0.25, 0.3) is 0 Å². The first kappa shape index (κ1) is 9.47. The van der Waals surface area contributed by atoms with Crippen LogP contribution in [0, 0.1) is 11.3 Å². The smallest absolute Gasteiger partial charge is 0.127 e. The summed E-state index contributed by atoms with van der Waals surface area (Å²) in [6.07, 6.45) is 6.82. The fourth-order valence-electron chi connectivity index (χ4n) is 2.56. The molecule has 3 rings (SSSR count). The zero-order valence-corrected chi connectivity index (χ0v) is 9.12. The molecular weight excluding hydrogens is 198 g/mol. The van der Waals surface area contributed by atoms with Crippen LogP contribution in [0.3, 0.4) is 0 Å². The summed E-state index contributed by atoms with van der Waals surface area (Å²) < 4.78 is 5.60. The monoisotopic (exact) mass is 211 g/mol. The van der Waals surface area contributed by atoms with E-state index in [-0.39, 0.29) is 0 Å². The Balaban J connectivity index is 2.17. The second kappa shape index (κ2) is 3.68. The van der Waals surface area contributed by atoms with E-state index in [0.717, 1.165) is 23.3 Å². The summed E-state index contributed by atoms with van der Waals surface area (Å²) >= 11 is 0. The van der Waals surface area contributed by atoms with Gasteiger partial charge in [0.05, 0.1) is 11.6 Å². The molecule has 0 fully saturated rings. The van der Waals surface area contributed by atoms with Gasteiger partial charge in [-0.3, -0.25) is 0 Å². The molecule has 80 valence electrons. The third-order valence-electron chi connectivity index (χ3n) is 3.38. The lowest BCUT2D eigenvalue weighted by Gasteiger charge is -2.23. The van der Waals surface area contributed by atoms with Gasteiger partial charge in [-0.1, -0.05) is 6.07 Å². The molecule has 2 aliphatic rings. The minimum absolute atomic E-state index is 0.419. The molecule has 0 saturated heterocycles. The van der Waals surface area contributed by atoms with Crippen LogP contribution in [-0.4, -0.2) is 6.61 Å². The summed E-state index contributed by atoms with van der Waals surface area (Å²) in [5.74, 6) is 0.944. The molecule has 0 unspecified atom stereocenters. The maximum atomic E-state index is 8.92. The summed E-state index contributed by atoms with van der Waals surface area (Å²) in [5.41, 5.74) is 4.71. The third-order valence-corrected chi connectivity index (χ3v) is 3.38. The van der Waals surface area contributed by atoms with Crippen molar-refractivity contribution in [2.75, 3.05) is 6.61 Å². The van der Waals surface area contributed by atoms with Gasteiger partial charge < -0.3 is 4.74 Å². The molecule has 16 heavy (non-hydrogen) atoms. The summed E-state index contributed by atoms with van der Waals surface area (Å²) in [6, 6.07) is 6.41. The lowest BCUT2D eigenvalue weighted by atomic mass is 9.86. The van der Waals surface area contributed by atoms with Crippen molar-refractivity contribution < 1.29 is 4.74 Å². The van der Waals surface area contributed by atoms with Gasteiger partial charge in [-0.05, 0) is 49.0 Å². The fourth-order valence-corrected chi connectivity index (χ4v) is 2.56. The van der Waals surface area contributed by atoms with Crippen molar-refractivity contribution in [1.82, 2.24) is 0 Å². The number of aryl methyl sites for hydroxylation is 1. The molecule has 1 heterocycles. The Morgan fingerprint density at radius 2 is 2.06 bits per heavy atom. The average Bonchev–Trinajstić information content (AvgIpc) is 2.38. The van der Waals surface area contributed by atoms with Gasteiger partial charge in [0, 0.05) is 5.56 Å². The van der Waals surface area contributed by atoms with Crippen molar-refractivity contribution >= 4 is 6.08 Å². The van der Waals surface area contributed by atoms with Crippen LogP contribution in [0.5, 0.6) is 5.75 Å². The Bertz CT molecular complexity index is 508. The molecule has 0 N–H and O–H groups in total. The first-order chi connectivity index (χ1) is 7.88. The molecule has 0 radical (unpaired) electrons. The molecule has 1 aromatic rings. The van der Waals surface area contributed by atoms with Crippen molar-refractivity contribution in [1.29, 1.82) is 5.26 Å². The number of fused-ring (bicyclic) bond motifs is 3. The zero-order chi connectivity index (χ0) is 11.0. The van der Waals surface area contributed by atoms with Gasteiger partial charge in [-0.25, -0.2) is 0 Å². The number of hydrogen-bond acceptors (Lipinski definition) is 2. The van der Waals surface area contributed by atoms with E-state index in [0.29, 0.717) is 6.61 Å². The van der Waals surface area contributed by atoms with E-state index in [1.165, 1.54) is 30.4 Å². The van der Waals surface area contributed by atoms with Crippen LogP contribution in [0.1, 0.15) is 29.5 Å². The number of nitriles is 1. The first-order valence-electron chi connectivity index (χ1n) is 5.77. The number of nitrogens with zero attached hydrogens (tertiary/aromatic N) is 1. The van der Waals surface area contributed by atoms with Gasteiger partial charge in [0.1, 0.15) is 12.4 Å². The van der Waals surface area contributed by atoms with Crippen molar-refractivity contribution in [2.45, 2.75) is 25.7 Å². The maximum Gasteiger partial charge on any atom is 0.127 e. The van der Waals surface area contributed by atoms with Crippen LogP contribution in [0.15, 0.2) is 17.7 Å². The molecule has 0 bridgehead atoms. The third kappa shape index (κ3) is 1.40. The van der Waals surface area contributed by atoms with E-state index in [9.17, 15) is 0 Å². The Morgan fingerprint density at radius 1 is 1.19 bits per heavy atom. The molecule has 1 aliphatic carbocycles. The van der Waals surface area contributed by atoms with E-state index in [2.05, 4.69) is 12.1 Å². The Morgan fingerprint density at radius 3 is 2.94 bits per heavy atom. The number of rotatable bonds is 0. The minimum atomic E-state index is 0.419. The van der Waals surface area contributed by atoms with E-state index in [1.807, 2.05) is 12.1 Å². The zero-order valence-electron chi connectivity index (χ0n) is 9.12. The Hall–Kier alpha value is -1.75. The Labute approximate surface area is 95.2 Å². The van der Waals surface area contributed by atoms with E-state index in [4.69, 9.17) is 10.00 Å². The van der Waals surface area contributed by atoms with E-state index in [1.54, 1.807) is 0 Å². The molecule has 0 amide bonds. The largest absolute Gasteiger partial charge is 0.488 e. The predicted molar refractivity (Wildman–Crippen MR) is 62.2 cm³/mol. The van der Waals surface area contributed by atoms with Crippen LogP contribution in [-0.2, 0) is 12.8 Å². The predicted octanol–water partition coefficient (Wildman–Crippen LogP) is 2.86. The lowest BCUT2D eigenvalue weighted by molar-refractivity contribution is 0.351. The maximum absolute atomic E-state index is 8.92. The van der Waals surface area contributed by atoms with Gasteiger partial charge in [0.15, 0.2) is 0 Å². The van der Waals surface area contributed by atoms with E-state index >= 15 is 0 Å². The quantitative estimate of drug-likeness (QED) is 0.661. The molecular formula is C14H13NO. The molecule has 2 heteroatoms. The van der Waals surface area contributed by atoms with Crippen LogP contribution < -0.4 is 4.74 Å². The highest BCUT2D eigenvalue weighted by atomic mass is 16.5.